The van der Waals surface area contributed by atoms with Crippen molar-refractivity contribution >= 4 is 9.84 Å². The van der Waals surface area contributed by atoms with E-state index < -0.39 is 15.7 Å². The summed E-state index contributed by atoms with van der Waals surface area (Å²) >= 11 is 0. The maximum absolute atomic E-state index is 13.2. The van der Waals surface area contributed by atoms with Crippen molar-refractivity contribution in [3.8, 4) is 11.5 Å². The third-order valence-electron chi connectivity index (χ3n) is 3.24. The van der Waals surface area contributed by atoms with Crippen LogP contribution in [0, 0.1) is 5.82 Å². The molecular weight excluding hydrogens is 319 g/mol. The number of benzene rings is 2. The molecule has 1 heterocycles. The molecule has 0 amide bonds. The summed E-state index contributed by atoms with van der Waals surface area (Å²) in [7, 11) is -3.40. The fourth-order valence-corrected chi connectivity index (χ4v) is 3.32. The van der Waals surface area contributed by atoms with E-state index in [9.17, 15) is 12.8 Å². The average Bonchev–Trinajstić information content (AvgIpc) is 3.03. The number of aryl methyl sites for hydroxylation is 1. The van der Waals surface area contributed by atoms with Crippen LogP contribution in [0.4, 0.5) is 4.39 Å². The molecule has 0 saturated carbocycles. The van der Waals surface area contributed by atoms with E-state index in [-0.39, 0.29) is 28.8 Å². The second-order valence-corrected chi connectivity index (χ2v) is 7.02. The van der Waals surface area contributed by atoms with Crippen LogP contribution in [0.1, 0.15) is 5.82 Å². The maximum Gasteiger partial charge on any atom is 0.258 e. The highest BCUT2D eigenvalue weighted by Gasteiger charge is 2.16. The molecule has 0 fully saturated rings. The molecule has 0 bridgehead atoms. The smallest absolute Gasteiger partial charge is 0.258 e. The fourth-order valence-electron chi connectivity index (χ4n) is 2.07. The molecule has 3 rings (SSSR count). The molecule has 0 spiro atoms. The number of aromatic nitrogens is 2. The first kappa shape index (κ1) is 15.4. The summed E-state index contributed by atoms with van der Waals surface area (Å²) in [5.74, 6) is -0.103. The number of sulfone groups is 1. The minimum absolute atomic E-state index is 0.121. The number of rotatable bonds is 5. The summed E-state index contributed by atoms with van der Waals surface area (Å²) in [6, 6.07) is 13.9. The first-order valence-corrected chi connectivity index (χ1v) is 8.56. The van der Waals surface area contributed by atoms with Gasteiger partial charge < -0.3 is 4.52 Å². The maximum atomic E-state index is 13.2. The van der Waals surface area contributed by atoms with Gasteiger partial charge in [0.1, 0.15) is 5.82 Å². The van der Waals surface area contributed by atoms with Crippen LogP contribution in [0.15, 0.2) is 64.0 Å². The zero-order chi connectivity index (χ0) is 16.3. The molecule has 1 aromatic heterocycles. The van der Waals surface area contributed by atoms with Gasteiger partial charge in [0, 0.05) is 12.0 Å². The van der Waals surface area contributed by atoms with Crippen LogP contribution in [-0.4, -0.2) is 24.3 Å². The predicted octanol–water partition coefficient (Wildman–Crippen LogP) is 2.89. The van der Waals surface area contributed by atoms with E-state index in [1.807, 2.05) is 0 Å². The van der Waals surface area contributed by atoms with Crippen LogP contribution in [0.3, 0.4) is 0 Å². The zero-order valence-electron chi connectivity index (χ0n) is 12.0. The quantitative estimate of drug-likeness (QED) is 0.718. The fraction of sp³-hybridized carbons (Fsp3) is 0.125. The highest BCUT2D eigenvalue weighted by Crippen LogP contribution is 2.18. The zero-order valence-corrected chi connectivity index (χ0v) is 12.8. The van der Waals surface area contributed by atoms with E-state index in [2.05, 4.69) is 10.1 Å². The first-order chi connectivity index (χ1) is 11.0. The molecule has 0 aliphatic carbocycles. The molecule has 0 N–H and O–H groups in total. The standard InChI is InChI=1S/C16H13FN2O3S/c17-13-6-4-5-12(11-13)16-18-15(19-22-16)9-10-23(20,21)14-7-2-1-3-8-14/h1-8,11H,9-10H2. The largest absolute Gasteiger partial charge is 0.334 e. The summed E-state index contributed by atoms with van der Waals surface area (Å²) in [6.07, 6.45) is 0.121. The number of hydrogen-bond acceptors (Lipinski definition) is 5. The Morgan fingerprint density at radius 1 is 1.04 bits per heavy atom. The van der Waals surface area contributed by atoms with Gasteiger partial charge in [0.2, 0.25) is 0 Å². The number of hydrogen-bond donors (Lipinski definition) is 0. The SMILES string of the molecule is O=S(=O)(CCc1noc(-c2cccc(F)c2)n1)c1ccccc1. The normalized spacial score (nSPS) is 11.5. The van der Waals surface area contributed by atoms with Crippen molar-refractivity contribution in [2.75, 3.05) is 5.75 Å². The summed E-state index contributed by atoms with van der Waals surface area (Å²) in [4.78, 5) is 4.37. The Bertz CT molecular complexity index is 908. The van der Waals surface area contributed by atoms with Gasteiger partial charge in [0.05, 0.1) is 10.6 Å². The molecule has 0 atom stereocenters. The van der Waals surface area contributed by atoms with Gasteiger partial charge in [-0.1, -0.05) is 29.4 Å². The van der Waals surface area contributed by atoms with Gasteiger partial charge in [-0.15, -0.1) is 0 Å². The molecule has 3 aromatic rings. The Morgan fingerprint density at radius 2 is 1.83 bits per heavy atom. The monoisotopic (exact) mass is 332 g/mol. The summed E-state index contributed by atoms with van der Waals surface area (Å²) in [5, 5.41) is 3.75. The van der Waals surface area contributed by atoms with Crippen LogP contribution in [0.25, 0.3) is 11.5 Å². The molecule has 2 aromatic carbocycles. The lowest BCUT2D eigenvalue weighted by Gasteiger charge is -2.01. The Morgan fingerprint density at radius 3 is 2.57 bits per heavy atom. The van der Waals surface area contributed by atoms with E-state index in [0.717, 1.165) is 0 Å². The van der Waals surface area contributed by atoms with Crippen molar-refractivity contribution < 1.29 is 17.3 Å². The van der Waals surface area contributed by atoms with Crippen molar-refractivity contribution in [3.05, 3.63) is 66.2 Å². The van der Waals surface area contributed by atoms with Crippen molar-refractivity contribution in [2.24, 2.45) is 0 Å². The van der Waals surface area contributed by atoms with Crippen LogP contribution in [0.2, 0.25) is 0 Å². The van der Waals surface area contributed by atoms with E-state index in [4.69, 9.17) is 4.52 Å². The van der Waals surface area contributed by atoms with E-state index in [0.29, 0.717) is 5.56 Å². The Hall–Kier alpha value is -2.54. The first-order valence-electron chi connectivity index (χ1n) is 6.91. The van der Waals surface area contributed by atoms with Crippen LogP contribution >= 0.6 is 0 Å². The lowest BCUT2D eigenvalue weighted by atomic mass is 10.2. The van der Waals surface area contributed by atoms with Crippen LogP contribution < -0.4 is 0 Å². The molecular formula is C16H13FN2O3S. The number of halogens is 1. The number of nitrogens with zero attached hydrogens (tertiary/aromatic N) is 2. The third-order valence-corrected chi connectivity index (χ3v) is 4.97. The minimum atomic E-state index is -3.40. The minimum Gasteiger partial charge on any atom is -0.334 e. The Kier molecular flexibility index (Phi) is 4.20. The van der Waals surface area contributed by atoms with Gasteiger partial charge in [-0.25, -0.2) is 12.8 Å². The predicted molar refractivity (Wildman–Crippen MR) is 81.9 cm³/mol. The topological polar surface area (TPSA) is 73.1 Å². The van der Waals surface area contributed by atoms with Crippen molar-refractivity contribution in [3.63, 3.8) is 0 Å². The molecule has 0 aliphatic rings. The van der Waals surface area contributed by atoms with Gasteiger partial charge in [-0.05, 0) is 30.3 Å². The molecule has 0 radical (unpaired) electrons. The van der Waals surface area contributed by atoms with E-state index >= 15 is 0 Å². The molecule has 7 heteroatoms. The van der Waals surface area contributed by atoms with Crippen molar-refractivity contribution in [1.29, 1.82) is 0 Å². The van der Waals surface area contributed by atoms with Crippen LogP contribution in [-0.2, 0) is 16.3 Å². The molecule has 0 unspecified atom stereocenters. The van der Waals surface area contributed by atoms with Gasteiger partial charge in [0.15, 0.2) is 15.7 Å². The average molecular weight is 332 g/mol. The highest BCUT2D eigenvalue weighted by molar-refractivity contribution is 7.91. The van der Waals surface area contributed by atoms with E-state index in [1.54, 1.807) is 36.4 Å². The Labute approximate surface area is 132 Å². The van der Waals surface area contributed by atoms with Crippen LogP contribution in [0.5, 0.6) is 0 Å². The second kappa shape index (κ2) is 6.29. The molecule has 0 saturated heterocycles. The van der Waals surface area contributed by atoms with Crippen molar-refractivity contribution in [2.45, 2.75) is 11.3 Å². The third kappa shape index (κ3) is 3.62. The van der Waals surface area contributed by atoms with Gasteiger partial charge >= 0.3 is 0 Å². The summed E-state index contributed by atoms with van der Waals surface area (Å²) < 4.78 is 42.6. The molecule has 118 valence electrons. The lowest BCUT2D eigenvalue weighted by molar-refractivity contribution is 0.423. The molecule has 5 nitrogen and oxygen atoms in total. The van der Waals surface area contributed by atoms with Gasteiger partial charge in [-0.2, -0.15) is 4.98 Å². The second-order valence-electron chi connectivity index (χ2n) is 4.91. The molecule has 0 aliphatic heterocycles. The summed E-state index contributed by atoms with van der Waals surface area (Å²) in [5.41, 5.74) is 0.453. The van der Waals surface area contributed by atoms with Gasteiger partial charge in [0.25, 0.3) is 5.89 Å². The molecule has 23 heavy (non-hydrogen) atoms. The lowest BCUT2D eigenvalue weighted by Crippen LogP contribution is -2.09. The highest BCUT2D eigenvalue weighted by atomic mass is 32.2. The van der Waals surface area contributed by atoms with Crippen molar-refractivity contribution in [1.82, 2.24) is 10.1 Å². The van der Waals surface area contributed by atoms with Gasteiger partial charge in [-0.3, -0.25) is 0 Å². The van der Waals surface area contributed by atoms with E-state index in [1.165, 1.54) is 18.2 Å². The Balaban J connectivity index is 1.73. The summed E-state index contributed by atoms with van der Waals surface area (Å²) in [6.45, 7) is 0.